The normalized spacial score (nSPS) is 42.8. The lowest BCUT2D eigenvalue weighted by Gasteiger charge is -2.36. The number of nitrogens with two attached hydrogens (primary N) is 1. The first-order valence-electron chi connectivity index (χ1n) is 8.68. The molecule has 3 saturated carbocycles. The Morgan fingerprint density at radius 3 is 2.47 bits per heavy atom. The smallest absolute Gasteiger partial charge is 0.0133 e. The zero-order chi connectivity index (χ0) is 13.2. The summed E-state index contributed by atoms with van der Waals surface area (Å²) < 4.78 is 0. The standard InChI is InChI=1S/C17H32N2/c1-19(12-16-10-13-7-8-14(16)9-13)17-6-4-2-3-5-15(17)11-18/h13-17H,2-12,18H2,1H3. The molecule has 0 heterocycles. The van der Waals surface area contributed by atoms with E-state index in [9.17, 15) is 0 Å². The van der Waals surface area contributed by atoms with E-state index < -0.39 is 0 Å². The molecule has 0 aliphatic heterocycles. The third kappa shape index (κ3) is 3.00. The van der Waals surface area contributed by atoms with Gasteiger partial charge < -0.3 is 10.6 Å². The Balaban J connectivity index is 1.57. The molecule has 3 fully saturated rings. The van der Waals surface area contributed by atoms with Gasteiger partial charge in [0.25, 0.3) is 0 Å². The molecule has 0 aromatic carbocycles. The van der Waals surface area contributed by atoms with Crippen LogP contribution in [0.4, 0.5) is 0 Å². The van der Waals surface area contributed by atoms with Gasteiger partial charge in [0.2, 0.25) is 0 Å². The molecule has 5 atom stereocenters. The van der Waals surface area contributed by atoms with E-state index in [1.54, 1.807) is 6.42 Å². The minimum Gasteiger partial charge on any atom is -0.330 e. The lowest BCUT2D eigenvalue weighted by atomic mass is 9.87. The summed E-state index contributed by atoms with van der Waals surface area (Å²) >= 11 is 0. The Labute approximate surface area is 119 Å². The van der Waals surface area contributed by atoms with Crippen molar-refractivity contribution in [2.24, 2.45) is 29.4 Å². The molecule has 2 N–H and O–H groups in total. The van der Waals surface area contributed by atoms with Gasteiger partial charge in [0, 0.05) is 12.6 Å². The van der Waals surface area contributed by atoms with E-state index in [1.807, 2.05) is 0 Å². The van der Waals surface area contributed by atoms with Crippen LogP contribution in [0.2, 0.25) is 0 Å². The van der Waals surface area contributed by atoms with Crippen LogP contribution in [0.15, 0.2) is 0 Å². The van der Waals surface area contributed by atoms with E-state index in [1.165, 1.54) is 57.9 Å². The van der Waals surface area contributed by atoms with Crippen molar-refractivity contribution in [3.05, 3.63) is 0 Å². The first-order chi connectivity index (χ1) is 9.28. The lowest BCUT2D eigenvalue weighted by Crippen LogP contribution is -2.43. The van der Waals surface area contributed by atoms with Gasteiger partial charge in [-0.05, 0) is 69.4 Å². The van der Waals surface area contributed by atoms with Gasteiger partial charge in [-0.2, -0.15) is 0 Å². The summed E-state index contributed by atoms with van der Waals surface area (Å²) in [4.78, 5) is 2.70. The molecule has 110 valence electrons. The highest BCUT2D eigenvalue weighted by atomic mass is 15.1. The zero-order valence-corrected chi connectivity index (χ0v) is 12.7. The molecule has 0 radical (unpaired) electrons. The fourth-order valence-electron chi connectivity index (χ4n) is 5.33. The largest absolute Gasteiger partial charge is 0.330 e. The van der Waals surface area contributed by atoms with Gasteiger partial charge in [0.05, 0.1) is 0 Å². The third-order valence-electron chi connectivity index (χ3n) is 6.39. The Morgan fingerprint density at radius 1 is 0.947 bits per heavy atom. The maximum atomic E-state index is 6.04. The van der Waals surface area contributed by atoms with Crippen LogP contribution < -0.4 is 5.73 Å². The monoisotopic (exact) mass is 264 g/mol. The first kappa shape index (κ1) is 13.9. The molecule has 3 rings (SSSR count). The van der Waals surface area contributed by atoms with Crippen LogP contribution in [-0.4, -0.2) is 31.1 Å². The number of hydrogen-bond donors (Lipinski definition) is 1. The molecule has 5 unspecified atom stereocenters. The summed E-state index contributed by atoms with van der Waals surface area (Å²) in [5, 5.41) is 0. The molecular formula is C17H32N2. The van der Waals surface area contributed by atoms with Gasteiger partial charge in [-0.25, -0.2) is 0 Å². The van der Waals surface area contributed by atoms with E-state index in [0.29, 0.717) is 0 Å². The van der Waals surface area contributed by atoms with Gasteiger partial charge >= 0.3 is 0 Å². The maximum Gasteiger partial charge on any atom is 0.0133 e. The molecule has 0 saturated heterocycles. The minimum atomic E-state index is 0.756. The summed E-state index contributed by atoms with van der Waals surface area (Å²) in [5.41, 5.74) is 6.04. The first-order valence-corrected chi connectivity index (χ1v) is 8.68. The highest BCUT2D eigenvalue weighted by Gasteiger charge is 2.40. The molecule has 0 amide bonds. The summed E-state index contributed by atoms with van der Waals surface area (Å²) in [6, 6.07) is 0.770. The van der Waals surface area contributed by atoms with E-state index in [-0.39, 0.29) is 0 Å². The lowest BCUT2D eigenvalue weighted by molar-refractivity contribution is 0.127. The fourth-order valence-corrected chi connectivity index (χ4v) is 5.33. The molecule has 3 aliphatic rings. The van der Waals surface area contributed by atoms with Crippen LogP contribution in [0, 0.1) is 23.7 Å². The highest BCUT2D eigenvalue weighted by molar-refractivity contribution is 4.92. The molecule has 2 nitrogen and oxygen atoms in total. The van der Waals surface area contributed by atoms with Gasteiger partial charge in [-0.15, -0.1) is 0 Å². The predicted octanol–water partition coefficient (Wildman–Crippen LogP) is 3.26. The van der Waals surface area contributed by atoms with Gasteiger partial charge in [-0.1, -0.05) is 25.7 Å². The number of nitrogens with zero attached hydrogens (tertiary/aromatic N) is 1. The summed E-state index contributed by atoms with van der Waals surface area (Å²) in [6.45, 7) is 2.24. The zero-order valence-electron chi connectivity index (χ0n) is 12.7. The average Bonchev–Trinajstić information content (AvgIpc) is 2.93. The van der Waals surface area contributed by atoms with E-state index in [0.717, 1.165) is 36.3 Å². The molecule has 0 aromatic heterocycles. The fraction of sp³-hybridized carbons (Fsp3) is 1.00. The van der Waals surface area contributed by atoms with Crippen LogP contribution in [0.3, 0.4) is 0 Å². The topological polar surface area (TPSA) is 29.3 Å². The number of rotatable bonds is 4. The van der Waals surface area contributed by atoms with E-state index in [2.05, 4.69) is 11.9 Å². The van der Waals surface area contributed by atoms with Crippen molar-refractivity contribution in [2.45, 2.75) is 63.8 Å². The second-order valence-corrected chi connectivity index (χ2v) is 7.58. The Bertz CT molecular complexity index is 291. The summed E-state index contributed by atoms with van der Waals surface area (Å²) in [7, 11) is 2.38. The van der Waals surface area contributed by atoms with Crippen LogP contribution in [0.5, 0.6) is 0 Å². The van der Waals surface area contributed by atoms with Crippen molar-refractivity contribution in [3.8, 4) is 0 Å². The second kappa shape index (κ2) is 6.13. The SMILES string of the molecule is CN(CC1CC2CCC1C2)C1CCCCCC1CN. The molecule has 2 heteroatoms. The number of fused-ring (bicyclic) bond motifs is 2. The Hall–Kier alpha value is -0.0800. The predicted molar refractivity (Wildman–Crippen MR) is 81.0 cm³/mol. The van der Waals surface area contributed by atoms with Gasteiger partial charge in [-0.3, -0.25) is 0 Å². The van der Waals surface area contributed by atoms with Crippen molar-refractivity contribution < 1.29 is 0 Å². The Kier molecular flexibility index (Phi) is 4.48. The molecule has 3 aliphatic carbocycles. The van der Waals surface area contributed by atoms with Crippen LogP contribution in [-0.2, 0) is 0 Å². The third-order valence-corrected chi connectivity index (χ3v) is 6.39. The van der Waals surface area contributed by atoms with Crippen molar-refractivity contribution in [1.29, 1.82) is 0 Å². The van der Waals surface area contributed by atoms with Crippen molar-refractivity contribution in [1.82, 2.24) is 4.90 Å². The minimum absolute atomic E-state index is 0.756. The highest BCUT2D eigenvalue weighted by Crippen LogP contribution is 2.48. The van der Waals surface area contributed by atoms with Crippen molar-refractivity contribution in [3.63, 3.8) is 0 Å². The molecular weight excluding hydrogens is 232 g/mol. The second-order valence-electron chi connectivity index (χ2n) is 7.58. The van der Waals surface area contributed by atoms with Gasteiger partial charge in [0.15, 0.2) is 0 Å². The molecule has 19 heavy (non-hydrogen) atoms. The average molecular weight is 264 g/mol. The summed E-state index contributed by atoms with van der Waals surface area (Å²) in [6.07, 6.45) is 13.1. The molecule has 0 spiro atoms. The van der Waals surface area contributed by atoms with Crippen LogP contribution in [0.25, 0.3) is 0 Å². The molecule has 2 bridgehead atoms. The maximum absolute atomic E-state index is 6.04. The van der Waals surface area contributed by atoms with Crippen LogP contribution in [0.1, 0.15) is 57.8 Å². The van der Waals surface area contributed by atoms with Gasteiger partial charge in [0.1, 0.15) is 0 Å². The van der Waals surface area contributed by atoms with Crippen molar-refractivity contribution in [2.75, 3.05) is 20.1 Å². The number of hydrogen-bond acceptors (Lipinski definition) is 2. The van der Waals surface area contributed by atoms with Crippen LogP contribution >= 0.6 is 0 Å². The van der Waals surface area contributed by atoms with E-state index in [4.69, 9.17) is 5.73 Å². The molecule has 0 aromatic rings. The van der Waals surface area contributed by atoms with E-state index >= 15 is 0 Å². The Morgan fingerprint density at radius 2 is 1.79 bits per heavy atom. The van der Waals surface area contributed by atoms with Crippen molar-refractivity contribution >= 4 is 0 Å². The quantitative estimate of drug-likeness (QED) is 0.790. The summed E-state index contributed by atoms with van der Waals surface area (Å²) in [5.74, 6) is 3.91.